The SMILES string of the molecule is COc1ccc(C(=O)Nc2ccccc2-c2nnc(-c3ccc(OC)cc3)o2)cc1. The molecule has 3 aromatic carbocycles. The summed E-state index contributed by atoms with van der Waals surface area (Å²) in [7, 11) is 3.19. The largest absolute Gasteiger partial charge is 0.497 e. The number of rotatable bonds is 6. The molecule has 0 saturated carbocycles. The molecule has 0 bridgehead atoms. The fraction of sp³-hybridized carbons (Fsp3) is 0.0870. The van der Waals surface area contributed by atoms with E-state index in [0.29, 0.717) is 34.3 Å². The van der Waals surface area contributed by atoms with Crippen LogP contribution in [0.1, 0.15) is 10.4 Å². The molecule has 150 valence electrons. The standard InChI is InChI=1S/C23H19N3O4/c1-28-17-11-7-15(8-12-17)21(27)24-20-6-4-3-5-19(20)23-26-25-22(30-23)16-9-13-18(29-2)14-10-16/h3-14H,1-2H3,(H,24,27). The van der Waals surface area contributed by atoms with Gasteiger partial charge in [0.2, 0.25) is 11.8 Å². The second-order valence-corrected chi connectivity index (χ2v) is 6.37. The van der Waals surface area contributed by atoms with E-state index in [1.807, 2.05) is 42.5 Å². The van der Waals surface area contributed by atoms with Crippen LogP contribution in [0.25, 0.3) is 22.9 Å². The molecule has 0 aliphatic carbocycles. The Balaban J connectivity index is 1.58. The minimum atomic E-state index is -0.250. The third kappa shape index (κ3) is 4.00. The summed E-state index contributed by atoms with van der Waals surface area (Å²) in [6.45, 7) is 0. The smallest absolute Gasteiger partial charge is 0.255 e. The van der Waals surface area contributed by atoms with Gasteiger partial charge in [0.1, 0.15) is 11.5 Å². The highest BCUT2D eigenvalue weighted by Gasteiger charge is 2.16. The number of hydrogen-bond acceptors (Lipinski definition) is 6. The summed E-state index contributed by atoms with van der Waals surface area (Å²) in [6.07, 6.45) is 0. The summed E-state index contributed by atoms with van der Waals surface area (Å²) < 4.78 is 16.2. The first-order valence-corrected chi connectivity index (χ1v) is 9.20. The van der Waals surface area contributed by atoms with E-state index in [-0.39, 0.29) is 5.91 Å². The summed E-state index contributed by atoms with van der Waals surface area (Å²) in [6, 6.07) is 21.5. The second kappa shape index (κ2) is 8.48. The van der Waals surface area contributed by atoms with E-state index in [0.717, 1.165) is 11.3 Å². The Hall–Kier alpha value is -4.13. The van der Waals surface area contributed by atoms with Crippen LogP contribution >= 0.6 is 0 Å². The number of para-hydroxylation sites is 1. The molecule has 0 atom stereocenters. The maximum atomic E-state index is 12.7. The van der Waals surface area contributed by atoms with Gasteiger partial charge >= 0.3 is 0 Å². The van der Waals surface area contributed by atoms with Crippen LogP contribution in [0.2, 0.25) is 0 Å². The third-order valence-corrected chi connectivity index (χ3v) is 4.52. The average Bonchev–Trinajstić information content (AvgIpc) is 3.29. The Morgan fingerprint density at radius 1 is 0.800 bits per heavy atom. The fourth-order valence-corrected chi connectivity index (χ4v) is 2.90. The number of hydrogen-bond donors (Lipinski definition) is 1. The van der Waals surface area contributed by atoms with Crippen molar-refractivity contribution in [3.05, 3.63) is 78.4 Å². The minimum Gasteiger partial charge on any atom is -0.497 e. The van der Waals surface area contributed by atoms with Crippen molar-refractivity contribution in [3.63, 3.8) is 0 Å². The zero-order valence-electron chi connectivity index (χ0n) is 16.5. The molecule has 4 rings (SSSR count). The number of benzene rings is 3. The van der Waals surface area contributed by atoms with Gasteiger partial charge in [0, 0.05) is 11.1 Å². The highest BCUT2D eigenvalue weighted by molar-refractivity contribution is 6.06. The topological polar surface area (TPSA) is 86.5 Å². The van der Waals surface area contributed by atoms with Crippen LogP contribution in [0, 0.1) is 0 Å². The molecule has 7 nitrogen and oxygen atoms in total. The summed E-state index contributed by atoms with van der Waals surface area (Å²) in [5.74, 6) is 1.87. The van der Waals surface area contributed by atoms with E-state index in [9.17, 15) is 4.79 Å². The molecule has 30 heavy (non-hydrogen) atoms. The number of amides is 1. The average molecular weight is 401 g/mol. The lowest BCUT2D eigenvalue weighted by atomic mass is 10.1. The van der Waals surface area contributed by atoms with E-state index in [1.165, 1.54) is 0 Å². The van der Waals surface area contributed by atoms with E-state index in [2.05, 4.69) is 15.5 Å². The van der Waals surface area contributed by atoms with Gasteiger partial charge in [-0.05, 0) is 60.7 Å². The predicted molar refractivity (Wildman–Crippen MR) is 113 cm³/mol. The van der Waals surface area contributed by atoms with Gasteiger partial charge in [-0.1, -0.05) is 12.1 Å². The van der Waals surface area contributed by atoms with Crippen LogP contribution in [0.5, 0.6) is 11.5 Å². The third-order valence-electron chi connectivity index (χ3n) is 4.52. The quantitative estimate of drug-likeness (QED) is 0.505. The number of nitrogens with one attached hydrogen (secondary N) is 1. The molecular weight excluding hydrogens is 382 g/mol. The van der Waals surface area contributed by atoms with Gasteiger partial charge in [0.25, 0.3) is 5.91 Å². The van der Waals surface area contributed by atoms with Crippen LogP contribution < -0.4 is 14.8 Å². The molecule has 0 spiro atoms. The van der Waals surface area contributed by atoms with Crippen molar-refractivity contribution < 1.29 is 18.7 Å². The number of nitrogens with zero attached hydrogens (tertiary/aromatic N) is 2. The Morgan fingerprint density at radius 2 is 1.40 bits per heavy atom. The van der Waals surface area contributed by atoms with E-state index in [4.69, 9.17) is 13.9 Å². The molecule has 0 unspecified atom stereocenters. The van der Waals surface area contributed by atoms with Crippen LogP contribution in [-0.2, 0) is 0 Å². The maximum absolute atomic E-state index is 12.7. The van der Waals surface area contributed by atoms with Gasteiger partial charge in [0.05, 0.1) is 25.5 Å². The summed E-state index contributed by atoms with van der Waals surface area (Å²) in [5.41, 5.74) is 2.49. The molecular formula is C23H19N3O4. The zero-order chi connectivity index (χ0) is 20.9. The number of ether oxygens (including phenoxy) is 2. The van der Waals surface area contributed by atoms with E-state index < -0.39 is 0 Å². The normalized spacial score (nSPS) is 10.5. The molecule has 0 aliphatic heterocycles. The molecule has 0 saturated heterocycles. The lowest BCUT2D eigenvalue weighted by Gasteiger charge is -2.09. The first-order chi connectivity index (χ1) is 14.7. The van der Waals surface area contributed by atoms with Gasteiger partial charge in [-0.15, -0.1) is 10.2 Å². The monoisotopic (exact) mass is 401 g/mol. The first kappa shape index (κ1) is 19.2. The molecule has 1 aromatic heterocycles. The lowest BCUT2D eigenvalue weighted by Crippen LogP contribution is -2.12. The van der Waals surface area contributed by atoms with Crippen molar-refractivity contribution in [2.24, 2.45) is 0 Å². The van der Waals surface area contributed by atoms with Crippen LogP contribution in [0.4, 0.5) is 5.69 Å². The molecule has 1 heterocycles. The minimum absolute atomic E-state index is 0.250. The van der Waals surface area contributed by atoms with E-state index in [1.54, 1.807) is 44.6 Å². The molecule has 0 aliphatic rings. The number of carbonyl (C=O) groups excluding carboxylic acids is 1. The Labute approximate surface area is 173 Å². The van der Waals surface area contributed by atoms with Crippen LogP contribution in [0.15, 0.2) is 77.2 Å². The predicted octanol–water partition coefficient (Wildman–Crippen LogP) is 4.67. The number of anilines is 1. The Kier molecular flexibility index (Phi) is 5.43. The van der Waals surface area contributed by atoms with Crippen molar-refractivity contribution in [2.75, 3.05) is 19.5 Å². The summed E-state index contributed by atoms with van der Waals surface area (Å²) in [4.78, 5) is 12.7. The van der Waals surface area contributed by atoms with Crippen LogP contribution in [-0.4, -0.2) is 30.3 Å². The Bertz CT molecular complexity index is 1150. The van der Waals surface area contributed by atoms with Crippen molar-refractivity contribution in [3.8, 4) is 34.4 Å². The van der Waals surface area contributed by atoms with Gasteiger partial charge in [0.15, 0.2) is 0 Å². The van der Waals surface area contributed by atoms with Crippen molar-refractivity contribution in [1.82, 2.24) is 10.2 Å². The zero-order valence-corrected chi connectivity index (χ0v) is 16.5. The maximum Gasteiger partial charge on any atom is 0.255 e. The van der Waals surface area contributed by atoms with Crippen molar-refractivity contribution in [2.45, 2.75) is 0 Å². The van der Waals surface area contributed by atoms with Crippen molar-refractivity contribution >= 4 is 11.6 Å². The van der Waals surface area contributed by atoms with E-state index >= 15 is 0 Å². The van der Waals surface area contributed by atoms with Gasteiger partial charge in [-0.3, -0.25) is 4.79 Å². The Morgan fingerprint density at radius 3 is 2.07 bits per heavy atom. The molecule has 1 amide bonds. The fourth-order valence-electron chi connectivity index (χ4n) is 2.90. The molecule has 0 fully saturated rings. The molecule has 1 N–H and O–H groups in total. The summed E-state index contributed by atoms with van der Waals surface area (Å²) in [5, 5.41) is 11.2. The molecule has 7 heteroatoms. The highest BCUT2D eigenvalue weighted by Crippen LogP contribution is 2.30. The van der Waals surface area contributed by atoms with Gasteiger partial charge in [-0.25, -0.2) is 0 Å². The molecule has 4 aromatic rings. The van der Waals surface area contributed by atoms with Crippen molar-refractivity contribution in [1.29, 1.82) is 0 Å². The van der Waals surface area contributed by atoms with Crippen LogP contribution in [0.3, 0.4) is 0 Å². The second-order valence-electron chi connectivity index (χ2n) is 6.37. The summed E-state index contributed by atoms with van der Waals surface area (Å²) >= 11 is 0. The van der Waals surface area contributed by atoms with Gasteiger partial charge in [-0.2, -0.15) is 0 Å². The number of carbonyl (C=O) groups is 1. The number of methoxy groups -OCH3 is 2. The molecule has 0 radical (unpaired) electrons. The lowest BCUT2D eigenvalue weighted by molar-refractivity contribution is 0.102. The highest BCUT2D eigenvalue weighted by atomic mass is 16.5. The first-order valence-electron chi connectivity index (χ1n) is 9.20. The van der Waals surface area contributed by atoms with Gasteiger partial charge < -0.3 is 19.2 Å². The number of aromatic nitrogens is 2.